The second-order valence-electron chi connectivity index (χ2n) is 7.08. The third kappa shape index (κ3) is 2.51. The summed E-state index contributed by atoms with van der Waals surface area (Å²) < 4.78 is 0. The van der Waals surface area contributed by atoms with Gasteiger partial charge in [0.15, 0.2) is 0 Å². The summed E-state index contributed by atoms with van der Waals surface area (Å²) in [7, 11) is 0. The molecular weight excluding hydrogens is 296 g/mol. The van der Waals surface area contributed by atoms with Gasteiger partial charge in [0.2, 0.25) is 0 Å². The predicted octanol–water partition coefficient (Wildman–Crippen LogP) is 3.02. The smallest absolute Gasteiger partial charge is 0.325 e. The molecule has 118 valence electrons. The van der Waals surface area contributed by atoms with Crippen LogP contribution in [-0.4, -0.2) is 39.9 Å². The van der Waals surface area contributed by atoms with E-state index in [1.807, 2.05) is 24.3 Å². The molecule has 3 rings (SSSR count). The molecule has 0 saturated carbocycles. The molecule has 22 heavy (non-hydrogen) atoms. The van der Waals surface area contributed by atoms with Crippen LogP contribution in [0.1, 0.15) is 43.6 Å². The molecule has 2 aliphatic heterocycles. The van der Waals surface area contributed by atoms with Crippen LogP contribution >= 0.6 is 11.8 Å². The van der Waals surface area contributed by atoms with Crippen LogP contribution < -0.4 is 5.32 Å². The lowest BCUT2D eigenvalue weighted by atomic mass is 9.86. The minimum Gasteiger partial charge on any atom is -0.332 e. The summed E-state index contributed by atoms with van der Waals surface area (Å²) in [5.74, 6) is 0.622. The van der Waals surface area contributed by atoms with Crippen LogP contribution in [0.25, 0.3) is 0 Å². The molecule has 2 fully saturated rings. The van der Waals surface area contributed by atoms with Gasteiger partial charge in [0.1, 0.15) is 0 Å². The van der Waals surface area contributed by atoms with Crippen molar-refractivity contribution in [2.75, 3.05) is 5.75 Å². The van der Waals surface area contributed by atoms with E-state index in [1.54, 1.807) is 11.8 Å². The summed E-state index contributed by atoms with van der Waals surface area (Å²) in [5, 5.41) is 3.30. The lowest BCUT2D eigenvalue weighted by Gasteiger charge is -2.21. The fraction of sp³-hybridized carbons (Fsp3) is 0.529. The van der Waals surface area contributed by atoms with Gasteiger partial charge in [-0.15, -0.1) is 0 Å². The van der Waals surface area contributed by atoms with E-state index in [4.69, 9.17) is 0 Å². The van der Waals surface area contributed by atoms with Crippen LogP contribution in [0.2, 0.25) is 0 Å². The zero-order chi connectivity index (χ0) is 16.1. The van der Waals surface area contributed by atoms with E-state index < -0.39 is 0 Å². The second kappa shape index (κ2) is 5.30. The lowest BCUT2D eigenvalue weighted by Crippen LogP contribution is -2.41. The summed E-state index contributed by atoms with van der Waals surface area (Å²) in [5.41, 5.74) is 1.81. The molecule has 0 spiro atoms. The van der Waals surface area contributed by atoms with Crippen molar-refractivity contribution in [3.63, 3.8) is 0 Å². The molecule has 2 aliphatic rings. The van der Waals surface area contributed by atoms with Crippen LogP contribution in [-0.2, 0) is 5.41 Å². The van der Waals surface area contributed by atoms with Gasteiger partial charge >= 0.3 is 6.03 Å². The number of hydrogen-bond donors (Lipinski definition) is 1. The molecule has 4 nitrogen and oxygen atoms in total. The number of carbonyl (C=O) groups is 2. The molecule has 3 amide bonds. The maximum atomic E-state index is 12.7. The molecule has 2 heterocycles. The number of nitrogens with zero attached hydrogens (tertiary/aromatic N) is 1. The summed E-state index contributed by atoms with van der Waals surface area (Å²) >= 11 is 1.80. The van der Waals surface area contributed by atoms with Gasteiger partial charge in [0.25, 0.3) is 5.91 Å². The summed E-state index contributed by atoms with van der Waals surface area (Å²) in [6.07, 6.45) is 0. The van der Waals surface area contributed by atoms with Gasteiger partial charge < -0.3 is 5.32 Å². The number of benzene rings is 1. The Balaban J connectivity index is 1.83. The number of nitrogens with one attached hydrogen (secondary N) is 1. The van der Waals surface area contributed by atoms with E-state index >= 15 is 0 Å². The zero-order valence-electron chi connectivity index (χ0n) is 13.4. The molecule has 0 aromatic heterocycles. The van der Waals surface area contributed by atoms with Crippen molar-refractivity contribution in [3.8, 4) is 0 Å². The van der Waals surface area contributed by atoms with Crippen LogP contribution in [0.15, 0.2) is 24.3 Å². The summed E-state index contributed by atoms with van der Waals surface area (Å²) in [4.78, 5) is 26.3. The van der Waals surface area contributed by atoms with Gasteiger partial charge in [0, 0.05) is 16.6 Å². The Labute approximate surface area is 135 Å². The number of rotatable bonds is 1. The highest BCUT2D eigenvalue weighted by Crippen LogP contribution is 2.34. The van der Waals surface area contributed by atoms with Crippen molar-refractivity contribution in [2.45, 2.75) is 50.4 Å². The number of amides is 3. The molecule has 0 unspecified atom stereocenters. The zero-order valence-corrected chi connectivity index (χ0v) is 14.2. The molecule has 1 aromatic carbocycles. The summed E-state index contributed by atoms with van der Waals surface area (Å²) in [6, 6.07) is 7.41. The quantitative estimate of drug-likeness (QED) is 0.810. The average Bonchev–Trinajstić information content (AvgIpc) is 2.96. The van der Waals surface area contributed by atoms with Gasteiger partial charge in [0.05, 0.1) is 12.1 Å². The number of carbonyl (C=O) groups excluding carboxylic acids is 2. The molecule has 3 atom stereocenters. The van der Waals surface area contributed by atoms with Gasteiger partial charge in [-0.25, -0.2) is 4.79 Å². The largest absolute Gasteiger partial charge is 0.332 e. The van der Waals surface area contributed by atoms with E-state index in [2.05, 4.69) is 33.0 Å². The third-order valence-electron chi connectivity index (χ3n) is 4.51. The standard InChI is InChI=1S/C17H22N2O2S/c1-10-14-13(9-22-10)19(16(21)18-14)15(20)11-5-7-12(8-6-11)17(2,3)4/h5-8,10,13-14H,9H2,1-4H3,(H,18,21)/t10-,13-,14+/m0/s1. The first kappa shape index (κ1) is 15.4. The topological polar surface area (TPSA) is 49.4 Å². The minimum absolute atomic E-state index is 0.0257. The number of imide groups is 1. The number of fused-ring (bicyclic) bond motifs is 1. The Morgan fingerprint density at radius 1 is 1.27 bits per heavy atom. The highest BCUT2D eigenvalue weighted by molar-refractivity contribution is 8.00. The SMILES string of the molecule is C[C@@H]1SC[C@H]2[C@@H]1NC(=O)N2C(=O)c1ccc(C(C)(C)C)cc1. The number of hydrogen-bond acceptors (Lipinski definition) is 3. The van der Waals surface area contributed by atoms with Gasteiger partial charge in [-0.3, -0.25) is 9.69 Å². The number of thioether (sulfide) groups is 1. The van der Waals surface area contributed by atoms with Crippen molar-refractivity contribution < 1.29 is 9.59 Å². The molecule has 2 saturated heterocycles. The molecule has 0 bridgehead atoms. The van der Waals surface area contributed by atoms with Crippen LogP contribution in [0.4, 0.5) is 4.79 Å². The Hall–Kier alpha value is -1.49. The molecular formula is C17H22N2O2S. The first-order valence-corrected chi connectivity index (χ1v) is 8.70. The minimum atomic E-state index is -0.257. The van der Waals surface area contributed by atoms with Crippen molar-refractivity contribution in [3.05, 3.63) is 35.4 Å². The van der Waals surface area contributed by atoms with Crippen molar-refractivity contribution in [2.24, 2.45) is 0 Å². The molecule has 0 aliphatic carbocycles. The normalized spacial score (nSPS) is 27.7. The van der Waals surface area contributed by atoms with Crippen LogP contribution in [0.5, 0.6) is 0 Å². The maximum absolute atomic E-state index is 12.7. The second-order valence-corrected chi connectivity index (χ2v) is 8.49. The Bertz CT molecular complexity index is 606. The van der Waals surface area contributed by atoms with E-state index in [9.17, 15) is 9.59 Å². The highest BCUT2D eigenvalue weighted by atomic mass is 32.2. The average molecular weight is 318 g/mol. The predicted molar refractivity (Wildman–Crippen MR) is 89.3 cm³/mol. The van der Waals surface area contributed by atoms with E-state index in [1.165, 1.54) is 10.5 Å². The van der Waals surface area contributed by atoms with Crippen molar-refractivity contribution >= 4 is 23.7 Å². The first-order chi connectivity index (χ1) is 10.3. The van der Waals surface area contributed by atoms with E-state index in [0.29, 0.717) is 10.8 Å². The fourth-order valence-corrected chi connectivity index (χ4v) is 4.39. The van der Waals surface area contributed by atoms with E-state index in [-0.39, 0.29) is 29.4 Å². The Morgan fingerprint density at radius 3 is 2.50 bits per heavy atom. The molecule has 5 heteroatoms. The fourth-order valence-electron chi connectivity index (χ4n) is 3.08. The Morgan fingerprint density at radius 2 is 1.91 bits per heavy atom. The van der Waals surface area contributed by atoms with Crippen LogP contribution in [0, 0.1) is 0 Å². The molecule has 1 N–H and O–H groups in total. The molecule has 0 radical (unpaired) electrons. The van der Waals surface area contributed by atoms with Gasteiger partial charge in [-0.1, -0.05) is 39.8 Å². The Kier molecular flexibility index (Phi) is 3.71. The van der Waals surface area contributed by atoms with E-state index in [0.717, 1.165) is 5.75 Å². The highest BCUT2D eigenvalue weighted by Gasteiger charge is 2.49. The first-order valence-electron chi connectivity index (χ1n) is 7.65. The van der Waals surface area contributed by atoms with Crippen molar-refractivity contribution in [1.29, 1.82) is 0 Å². The third-order valence-corrected chi connectivity index (χ3v) is 5.86. The summed E-state index contributed by atoms with van der Waals surface area (Å²) in [6.45, 7) is 8.51. The lowest BCUT2D eigenvalue weighted by molar-refractivity contribution is 0.0790. The maximum Gasteiger partial charge on any atom is 0.325 e. The van der Waals surface area contributed by atoms with Gasteiger partial charge in [-0.05, 0) is 23.1 Å². The van der Waals surface area contributed by atoms with Crippen molar-refractivity contribution in [1.82, 2.24) is 10.2 Å². The molecule has 1 aromatic rings. The van der Waals surface area contributed by atoms with Gasteiger partial charge in [-0.2, -0.15) is 11.8 Å². The van der Waals surface area contributed by atoms with Crippen LogP contribution in [0.3, 0.4) is 0 Å². The monoisotopic (exact) mass is 318 g/mol. The number of urea groups is 1.